The summed E-state index contributed by atoms with van der Waals surface area (Å²) in [5.74, 6) is -4.38. The number of non-ortho nitro benzene ring substituents is 1. The first kappa shape index (κ1) is 20.4. The summed E-state index contributed by atoms with van der Waals surface area (Å²) in [6.45, 7) is 0. The standard InChI is InChI=1S/C13H9F6NO5/c14-12(15,16)11(10(22)23,13(17,18)19)6-5-9(21)7-1-3-8(4-2-7)20(24)25/h1-4H,5-6H2,(H,22,23). The van der Waals surface area contributed by atoms with Crippen LogP contribution in [0.1, 0.15) is 23.2 Å². The van der Waals surface area contributed by atoms with E-state index in [0.717, 1.165) is 24.3 Å². The molecule has 0 atom stereocenters. The molecule has 1 N–H and O–H groups in total. The fraction of sp³-hybridized carbons (Fsp3) is 0.385. The van der Waals surface area contributed by atoms with Crippen LogP contribution in [0.25, 0.3) is 0 Å². The molecule has 0 fully saturated rings. The van der Waals surface area contributed by atoms with E-state index in [1.165, 1.54) is 0 Å². The maximum absolute atomic E-state index is 12.8. The lowest BCUT2D eigenvalue weighted by atomic mass is 9.80. The number of carbonyl (C=O) groups excluding carboxylic acids is 1. The van der Waals surface area contributed by atoms with Crippen molar-refractivity contribution in [3.05, 3.63) is 39.9 Å². The molecule has 0 aliphatic rings. The number of Topliss-reactive ketones (excluding diaryl/α,β-unsaturated/α-hetero) is 1. The minimum atomic E-state index is -6.17. The number of halogens is 6. The van der Waals surface area contributed by atoms with E-state index in [0.29, 0.717) is 0 Å². The van der Waals surface area contributed by atoms with E-state index in [1.807, 2.05) is 0 Å². The number of aliphatic carboxylic acids is 1. The molecule has 0 bridgehead atoms. The molecule has 0 saturated carbocycles. The monoisotopic (exact) mass is 373 g/mol. The Labute approximate surface area is 135 Å². The van der Waals surface area contributed by atoms with Crippen LogP contribution in [0.15, 0.2) is 24.3 Å². The minimum Gasteiger partial charge on any atom is -0.480 e. The molecule has 1 rings (SSSR count). The minimum absolute atomic E-state index is 0.380. The van der Waals surface area contributed by atoms with Gasteiger partial charge >= 0.3 is 18.3 Å². The molecule has 0 radical (unpaired) electrons. The van der Waals surface area contributed by atoms with Crippen molar-refractivity contribution in [3.8, 4) is 0 Å². The highest BCUT2D eigenvalue weighted by Crippen LogP contribution is 2.53. The summed E-state index contributed by atoms with van der Waals surface area (Å²) in [4.78, 5) is 32.1. The van der Waals surface area contributed by atoms with Crippen molar-refractivity contribution in [2.45, 2.75) is 25.2 Å². The number of alkyl halides is 6. The Morgan fingerprint density at radius 2 is 1.44 bits per heavy atom. The van der Waals surface area contributed by atoms with E-state index < -0.39 is 53.0 Å². The van der Waals surface area contributed by atoms with Crippen LogP contribution in [-0.4, -0.2) is 34.1 Å². The lowest BCUT2D eigenvalue weighted by molar-refractivity contribution is -0.384. The average Bonchev–Trinajstić information content (AvgIpc) is 2.44. The van der Waals surface area contributed by atoms with Crippen LogP contribution >= 0.6 is 0 Å². The Hall–Kier alpha value is -2.66. The summed E-state index contributed by atoms with van der Waals surface area (Å²) in [5.41, 5.74) is -5.91. The average molecular weight is 373 g/mol. The van der Waals surface area contributed by atoms with E-state index in [1.54, 1.807) is 0 Å². The number of hydrogen-bond acceptors (Lipinski definition) is 4. The Bertz CT molecular complexity index is 666. The SMILES string of the molecule is O=C(CCC(C(=O)O)(C(F)(F)F)C(F)(F)F)c1ccc([N+](=O)[O-])cc1. The van der Waals surface area contributed by atoms with Crippen LogP contribution < -0.4 is 0 Å². The fourth-order valence-corrected chi connectivity index (χ4v) is 2.01. The van der Waals surface area contributed by atoms with Gasteiger partial charge in [0.1, 0.15) is 0 Å². The molecule has 0 spiro atoms. The lowest BCUT2D eigenvalue weighted by Crippen LogP contribution is -2.55. The number of nitro benzene ring substituents is 1. The molecular formula is C13H9F6NO5. The number of nitrogens with zero attached hydrogens (tertiary/aromatic N) is 1. The number of hydrogen-bond donors (Lipinski definition) is 1. The van der Waals surface area contributed by atoms with Gasteiger partial charge in [-0.1, -0.05) is 0 Å². The van der Waals surface area contributed by atoms with Gasteiger partial charge in [-0.05, 0) is 18.6 Å². The Balaban J connectivity index is 3.10. The first-order valence-electron chi connectivity index (χ1n) is 6.38. The molecule has 0 amide bonds. The van der Waals surface area contributed by atoms with Crippen molar-refractivity contribution in [2.24, 2.45) is 5.41 Å². The van der Waals surface area contributed by atoms with E-state index in [-0.39, 0.29) is 5.56 Å². The van der Waals surface area contributed by atoms with Gasteiger partial charge in [-0.25, -0.2) is 0 Å². The number of carboxylic acids is 1. The zero-order valence-electron chi connectivity index (χ0n) is 12.0. The number of carbonyl (C=O) groups is 2. The number of carboxylic acid groups (broad SMARTS) is 1. The zero-order chi connectivity index (χ0) is 19.6. The molecule has 25 heavy (non-hydrogen) atoms. The van der Waals surface area contributed by atoms with Crippen LogP contribution in [0.4, 0.5) is 32.0 Å². The predicted octanol–water partition coefficient (Wildman–Crippen LogP) is 3.75. The van der Waals surface area contributed by atoms with Gasteiger partial charge in [0.05, 0.1) is 4.92 Å². The van der Waals surface area contributed by atoms with Crippen LogP contribution in [-0.2, 0) is 4.79 Å². The Morgan fingerprint density at radius 1 is 1.00 bits per heavy atom. The zero-order valence-corrected chi connectivity index (χ0v) is 12.0. The van der Waals surface area contributed by atoms with Crippen molar-refractivity contribution in [1.82, 2.24) is 0 Å². The molecule has 6 nitrogen and oxygen atoms in total. The lowest BCUT2D eigenvalue weighted by Gasteiger charge is -2.33. The topological polar surface area (TPSA) is 97.5 Å². The molecule has 0 unspecified atom stereocenters. The second-order valence-electron chi connectivity index (χ2n) is 4.93. The summed E-state index contributed by atoms with van der Waals surface area (Å²) >= 11 is 0. The first-order valence-corrected chi connectivity index (χ1v) is 6.38. The normalized spacial score (nSPS) is 12.7. The number of rotatable bonds is 6. The quantitative estimate of drug-likeness (QED) is 0.354. The van der Waals surface area contributed by atoms with Gasteiger partial charge in [0.25, 0.3) is 11.1 Å². The molecule has 0 heterocycles. The molecule has 0 saturated heterocycles. The fourth-order valence-electron chi connectivity index (χ4n) is 2.01. The molecule has 0 aliphatic heterocycles. The van der Waals surface area contributed by atoms with Crippen molar-refractivity contribution < 1.29 is 46.0 Å². The third-order valence-corrected chi connectivity index (χ3v) is 3.46. The Kier molecular flexibility index (Phi) is 5.45. The maximum Gasteiger partial charge on any atom is 0.413 e. The van der Waals surface area contributed by atoms with E-state index in [4.69, 9.17) is 5.11 Å². The van der Waals surface area contributed by atoms with Crippen molar-refractivity contribution >= 4 is 17.4 Å². The van der Waals surface area contributed by atoms with Crippen LogP contribution in [0.2, 0.25) is 0 Å². The summed E-state index contributed by atoms with van der Waals surface area (Å²) in [7, 11) is 0. The molecule has 12 heteroatoms. The highest BCUT2D eigenvalue weighted by molar-refractivity contribution is 5.96. The van der Waals surface area contributed by atoms with E-state index in [9.17, 15) is 46.0 Å². The molecule has 1 aromatic carbocycles. The van der Waals surface area contributed by atoms with Crippen molar-refractivity contribution in [2.75, 3.05) is 0 Å². The highest BCUT2D eigenvalue weighted by atomic mass is 19.4. The van der Waals surface area contributed by atoms with E-state index >= 15 is 0 Å². The van der Waals surface area contributed by atoms with Gasteiger partial charge < -0.3 is 5.11 Å². The van der Waals surface area contributed by atoms with Crippen molar-refractivity contribution in [3.63, 3.8) is 0 Å². The Morgan fingerprint density at radius 3 is 1.76 bits per heavy atom. The van der Waals surface area contributed by atoms with E-state index in [2.05, 4.69) is 0 Å². The molecule has 0 aliphatic carbocycles. The third-order valence-electron chi connectivity index (χ3n) is 3.46. The number of ketones is 1. The number of benzene rings is 1. The molecule has 0 aromatic heterocycles. The van der Waals surface area contributed by atoms with Gasteiger partial charge in [-0.2, -0.15) is 26.3 Å². The van der Waals surface area contributed by atoms with Crippen LogP contribution in [0.5, 0.6) is 0 Å². The van der Waals surface area contributed by atoms with Crippen molar-refractivity contribution in [1.29, 1.82) is 0 Å². The van der Waals surface area contributed by atoms with Gasteiger partial charge in [-0.15, -0.1) is 0 Å². The summed E-state index contributed by atoms with van der Waals surface area (Å²) in [6.07, 6.45) is -15.8. The summed E-state index contributed by atoms with van der Waals surface area (Å²) < 4.78 is 77.0. The molecule has 138 valence electrons. The van der Waals surface area contributed by atoms with Gasteiger partial charge in [0, 0.05) is 24.1 Å². The first-order chi connectivity index (χ1) is 11.2. The summed E-state index contributed by atoms with van der Waals surface area (Å²) in [5, 5.41) is 19.0. The largest absolute Gasteiger partial charge is 0.480 e. The van der Waals surface area contributed by atoms with Gasteiger partial charge in [0.2, 0.25) is 0 Å². The smallest absolute Gasteiger partial charge is 0.413 e. The second kappa shape index (κ2) is 6.69. The third kappa shape index (κ3) is 3.88. The summed E-state index contributed by atoms with van der Waals surface area (Å²) in [6, 6.07) is 3.38. The predicted molar refractivity (Wildman–Crippen MR) is 68.8 cm³/mol. The van der Waals surface area contributed by atoms with Gasteiger partial charge in [-0.3, -0.25) is 19.7 Å². The maximum atomic E-state index is 12.8. The molecule has 1 aromatic rings. The van der Waals surface area contributed by atoms with Crippen LogP contribution in [0.3, 0.4) is 0 Å². The number of nitro groups is 1. The van der Waals surface area contributed by atoms with Crippen LogP contribution in [0, 0.1) is 15.5 Å². The second-order valence-corrected chi connectivity index (χ2v) is 4.93. The van der Waals surface area contributed by atoms with Gasteiger partial charge in [0.15, 0.2) is 5.78 Å². The molecular weight excluding hydrogens is 364 g/mol. The highest BCUT2D eigenvalue weighted by Gasteiger charge is 2.75.